The lowest BCUT2D eigenvalue weighted by Crippen LogP contribution is -2.53. The zero-order valence-electron chi connectivity index (χ0n) is 14.7. The molecule has 1 aliphatic heterocycles. The van der Waals surface area contributed by atoms with Crippen molar-refractivity contribution in [1.82, 2.24) is 15.3 Å². The smallest absolute Gasteiger partial charge is 0.165 e. The highest BCUT2D eigenvalue weighted by Crippen LogP contribution is 2.32. The molecular formula is C20H22N4O2. The van der Waals surface area contributed by atoms with E-state index in [1.807, 2.05) is 37.3 Å². The Hall–Kier alpha value is -2.70. The second-order valence-electron chi connectivity index (χ2n) is 6.64. The Labute approximate surface area is 152 Å². The van der Waals surface area contributed by atoms with Gasteiger partial charge in [-0.2, -0.15) is 0 Å². The number of hydrogen-bond acceptors (Lipinski definition) is 6. The van der Waals surface area contributed by atoms with Crippen LogP contribution in [0.5, 0.6) is 5.75 Å². The van der Waals surface area contributed by atoms with Crippen LogP contribution in [0.3, 0.4) is 0 Å². The standard InChI is InChI=1S/C20H22N4O2/c1-13-6-7-15-17(10-13)22-19(16-4-2-3-5-18(16)26)23-20(15)24-9-8-21-11-14(24)12-25/h2-7,10,14,21,25-26H,8-9,11-12H2,1H3/t14-/m0/s1. The molecule has 1 aromatic heterocycles. The molecule has 2 heterocycles. The van der Waals surface area contributed by atoms with E-state index in [1.165, 1.54) is 0 Å². The maximum atomic E-state index is 10.2. The van der Waals surface area contributed by atoms with E-state index in [4.69, 9.17) is 9.97 Å². The van der Waals surface area contributed by atoms with Gasteiger partial charge in [-0.05, 0) is 36.8 Å². The number of aryl methyl sites for hydroxylation is 1. The third kappa shape index (κ3) is 2.98. The molecular weight excluding hydrogens is 328 g/mol. The van der Waals surface area contributed by atoms with E-state index in [0.29, 0.717) is 17.9 Å². The first-order valence-corrected chi connectivity index (χ1v) is 8.82. The molecule has 4 rings (SSSR count). The van der Waals surface area contributed by atoms with Crippen LogP contribution in [0.15, 0.2) is 42.5 Å². The molecule has 0 spiro atoms. The molecule has 1 saturated heterocycles. The van der Waals surface area contributed by atoms with E-state index in [9.17, 15) is 10.2 Å². The van der Waals surface area contributed by atoms with Crippen LogP contribution in [0.1, 0.15) is 5.56 Å². The van der Waals surface area contributed by atoms with Crippen molar-refractivity contribution in [3.8, 4) is 17.1 Å². The Bertz CT molecular complexity index is 944. The van der Waals surface area contributed by atoms with Crippen molar-refractivity contribution in [1.29, 1.82) is 0 Å². The third-order valence-corrected chi connectivity index (χ3v) is 4.81. The summed E-state index contributed by atoms with van der Waals surface area (Å²) in [6.07, 6.45) is 0. The normalized spacial score (nSPS) is 17.6. The number of aromatic hydroxyl groups is 1. The molecule has 3 aromatic rings. The number of para-hydroxylation sites is 1. The predicted molar refractivity (Wildman–Crippen MR) is 102 cm³/mol. The number of rotatable bonds is 3. The molecule has 6 heteroatoms. The zero-order chi connectivity index (χ0) is 18.1. The number of benzene rings is 2. The number of nitrogens with one attached hydrogen (secondary N) is 1. The molecule has 6 nitrogen and oxygen atoms in total. The lowest BCUT2D eigenvalue weighted by molar-refractivity contribution is 0.246. The van der Waals surface area contributed by atoms with Crippen LogP contribution in [-0.4, -0.2) is 52.5 Å². The van der Waals surface area contributed by atoms with Crippen LogP contribution in [0.4, 0.5) is 5.82 Å². The van der Waals surface area contributed by atoms with Gasteiger partial charge >= 0.3 is 0 Å². The lowest BCUT2D eigenvalue weighted by atomic mass is 10.1. The van der Waals surface area contributed by atoms with Gasteiger partial charge in [-0.3, -0.25) is 0 Å². The van der Waals surface area contributed by atoms with Crippen molar-refractivity contribution in [2.75, 3.05) is 31.1 Å². The Morgan fingerprint density at radius 2 is 2.04 bits per heavy atom. The molecule has 1 aliphatic rings. The fourth-order valence-corrected chi connectivity index (χ4v) is 3.43. The SMILES string of the molecule is Cc1ccc2c(N3CCNC[C@H]3CO)nc(-c3ccccc3O)nc2c1. The van der Waals surface area contributed by atoms with Gasteiger partial charge in [0.1, 0.15) is 11.6 Å². The summed E-state index contributed by atoms with van der Waals surface area (Å²) < 4.78 is 0. The summed E-state index contributed by atoms with van der Waals surface area (Å²) in [4.78, 5) is 11.6. The molecule has 0 saturated carbocycles. The minimum Gasteiger partial charge on any atom is -0.507 e. The van der Waals surface area contributed by atoms with E-state index >= 15 is 0 Å². The number of phenolic OH excluding ortho intramolecular Hbond substituents is 1. The van der Waals surface area contributed by atoms with Gasteiger partial charge in [0.2, 0.25) is 0 Å². The van der Waals surface area contributed by atoms with Gasteiger partial charge in [0, 0.05) is 25.0 Å². The average Bonchev–Trinajstić information content (AvgIpc) is 2.67. The fourth-order valence-electron chi connectivity index (χ4n) is 3.43. The second kappa shape index (κ2) is 6.90. The van der Waals surface area contributed by atoms with Crippen LogP contribution in [0.2, 0.25) is 0 Å². The third-order valence-electron chi connectivity index (χ3n) is 4.81. The summed E-state index contributed by atoms with van der Waals surface area (Å²) in [5.74, 6) is 1.45. The maximum Gasteiger partial charge on any atom is 0.165 e. The molecule has 1 atom stereocenters. The van der Waals surface area contributed by atoms with Gasteiger partial charge in [0.25, 0.3) is 0 Å². The van der Waals surface area contributed by atoms with E-state index < -0.39 is 0 Å². The van der Waals surface area contributed by atoms with Crippen LogP contribution < -0.4 is 10.2 Å². The number of hydrogen-bond donors (Lipinski definition) is 3. The van der Waals surface area contributed by atoms with Crippen LogP contribution in [-0.2, 0) is 0 Å². The highest BCUT2D eigenvalue weighted by atomic mass is 16.3. The molecule has 0 aliphatic carbocycles. The number of nitrogens with zero attached hydrogens (tertiary/aromatic N) is 3. The number of piperazine rings is 1. The number of aromatic nitrogens is 2. The quantitative estimate of drug-likeness (QED) is 0.671. The van der Waals surface area contributed by atoms with Crippen molar-refractivity contribution >= 4 is 16.7 Å². The van der Waals surface area contributed by atoms with Gasteiger partial charge in [-0.15, -0.1) is 0 Å². The summed E-state index contributed by atoms with van der Waals surface area (Å²) in [5.41, 5.74) is 2.56. The molecule has 0 bridgehead atoms. The minimum absolute atomic E-state index is 0.0413. The van der Waals surface area contributed by atoms with Gasteiger partial charge in [0.05, 0.1) is 23.7 Å². The largest absolute Gasteiger partial charge is 0.507 e. The number of fused-ring (bicyclic) bond motifs is 1. The second-order valence-corrected chi connectivity index (χ2v) is 6.64. The Morgan fingerprint density at radius 1 is 1.19 bits per heavy atom. The number of aliphatic hydroxyl groups is 1. The van der Waals surface area contributed by atoms with Crippen LogP contribution >= 0.6 is 0 Å². The van der Waals surface area contributed by atoms with Gasteiger partial charge in [-0.25, -0.2) is 9.97 Å². The molecule has 3 N–H and O–H groups in total. The van der Waals surface area contributed by atoms with Crippen LogP contribution in [0, 0.1) is 6.92 Å². The predicted octanol–water partition coefficient (Wildman–Crippen LogP) is 2.08. The van der Waals surface area contributed by atoms with Gasteiger partial charge in [-0.1, -0.05) is 18.2 Å². The zero-order valence-corrected chi connectivity index (χ0v) is 14.7. The van der Waals surface area contributed by atoms with E-state index in [-0.39, 0.29) is 18.4 Å². The summed E-state index contributed by atoms with van der Waals surface area (Å²) in [7, 11) is 0. The topological polar surface area (TPSA) is 81.5 Å². The minimum atomic E-state index is -0.0413. The van der Waals surface area contributed by atoms with Crippen molar-refractivity contribution in [3.05, 3.63) is 48.0 Å². The number of anilines is 1. The number of phenols is 1. The monoisotopic (exact) mass is 350 g/mol. The van der Waals surface area contributed by atoms with Gasteiger partial charge in [0.15, 0.2) is 5.82 Å². The lowest BCUT2D eigenvalue weighted by Gasteiger charge is -2.36. The Balaban J connectivity index is 1.94. The molecule has 1 fully saturated rings. The summed E-state index contributed by atoms with van der Waals surface area (Å²) in [6.45, 7) is 4.38. The fraction of sp³-hybridized carbons (Fsp3) is 0.300. The Kier molecular flexibility index (Phi) is 4.44. The first-order chi connectivity index (χ1) is 12.7. The van der Waals surface area contributed by atoms with Crippen molar-refractivity contribution in [2.45, 2.75) is 13.0 Å². The molecule has 26 heavy (non-hydrogen) atoms. The highest BCUT2D eigenvalue weighted by Gasteiger charge is 2.25. The van der Waals surface area contributed by atoms with Crippen LogP contribution in [0.25, 0.3) is 22.3 Å². The highest BCUT2D eigenvalue weighted by molar-refractivity contribution is 5.92. The average molecular weight is 350 g/mol. The Morgan fingerprint density at radius 3 is 2.85 bits per heavy atom. The molecule has 2 aromatic carbocycles. The van der Waals surface area contributed by atoms with E-state index in [1.54, 1.807) is 12.1 Å². The van der Waals surface area contributed by atoms with E-state index in [2.05, 4.69) is 10.2 Å². The first-order valence-electron chi connectivity index (χ1n) is 8.82. The maximum absolute atomic E-state index is 10.2. The first kappa shape index (κ1) is 16.8. The molecule has 0 amide bonds. The summed E-state index contributed by atoms with van der Waals surface area (Å²) in [5, 5.41) is 24.3. The molecule has 0 unspecified atom stereocenters. The molecule has 134 valence electrons. The summed E-state index contributed by atoms with van der Waals surface area (Å²) >= 11 is 0. The summed E-state index contributed by atoms with van der Waals surface area (Å²) in [6, 6.07) is 13.2. The van der Waals surface area contributed by atoms with Crippen molar-refractivity contribution in [3.63, 3.8) is 0 Å². The van der Waals surface area contributed by atoms with E-state index in [0.717, 1.165) is 35.4 Å². The van der Waals surface area contributed by atoms with Crippen molar-refractivity contribution < 1.29 is 10.2 Å². The van der Waals surface area contributed by atoms with Crippen molar-refractivity contribution in [2.24, 2.45) is 0 Å². The molecule has 0 radical (unpaired) electrons. The number of aliphatic hydroxyl groups excluding tert-OH is 1. The van der Waals surface area contributed by atoms with Gasteiger partial charge < -0.3 is 20.4 Å².